The normalized spacial score (nSPS) is 12.9. The maximum absolute atomic E-state index is 12.1. The largest absolute Gasteiger partial charge is 0.573 e. The van der Waals surface area contributed by atoms with Gasteiger partial charge in [-0.15, -0.1) is 65.1 Å². The van der Waals surface area contributed by atoms with Gasteiger partial charge in [-0.05, 0) is 27.7 Å². The van der Waals surface area contributed by atoms with Gasteiger partial charge in [0.05, 0.1) is 0 Å². The summed E-state index contributed by atoms with van der Waals surface area (Å²) in [5.41, 5.74) is -2.89. The molecule has 0 aliphatic carbocycles. The van der Waals surface area contributed by atoms with Gasteiger partial charge in [0.1, 0.15) is 4.49 Å². The maximum atomic E-state index is 12.1. The van der Waals surface area contributed by atoms with E-state index in [9.17, 15) is 57.2 Å². The van der Waals surface area contributed by atoms with Crippen LogP contribution in [0.4, 0.5) is 57.2 Å². The van der Waals surface area contributed by atoms with Crippen molar-refractivity contribution in [2.24, 2.45) is 0 Å². The van der Waals surface area contributed by atoms with Crippen LogP contribution in [0.15, 0.2) is 33.7 Å². The van der Waals surface area contributed by atoms with Gasteiger partial charge in [-0.25, -0.2) is 8.78 Å². The van der Waals surface area contributed by atoms with Gasteiger partial charge in [0.15, 0.2) is 5.56 Å². The summed E-state index contributed by atoms with van der Waals surface area (Å²) in [6.45, 7) is 6.00. The number of rotatable bonds is 5. The molecule has 0 amide bonds. The summed E-state index contributed by atoms with van der Waals surface area (Å²) < 4.78 is 148. The highest BCUT2D eigenvalue weighted by Gasteiger charge is 2.46. The van der Waals surface area contributed by atoms with E-state index in [0.717, 1.165) is 5.54 Å². The van der Waals surface area contributed by atoms with Crippen molar-refractivity contribution in [1.82, 2.24) is 0 Å². The Bertz CT molecular complexity index is 725. The lowest BCUT2D eigenvalue weighted by atomic mass is 10.8. The molecule has 0 aliphatic heterocycles. The Morgan fingerprint density at radius 3 is 1.11 bits per heavy atom. The van der Waals surface area contributed by atoms with Gasteiger partial charge in [0.25, 0.3) is 9.11 Å². The molecule has 0 N–H and O–H groups in total. The average Bonchev–Trinajstić information content (AvgIpc) is 2.77. The summed E-state index contributed by atoms with van der Waals surface area (Å²) in [6, 6.07) is 0. The Kier molecular flexibility index (Phi) is 46.2. The molecule has 0 rings (SSSR count). The van der Waals surface area contributed by atoms with Gasteiger partial charge in [0.2, 0.25) is 16.1 Å². The van der Waals surface area contributed by atoms with Gasteiger partial charge in [-0.1, -0.05) is 117 Å². The van der Waals surface area contributed by atoms with Gasteiger partial charge in [-0.3, -0.25) is 4.74 Å². The van der Waals surface area contributed by atoms with Crippen molar-refractivity contribution in [2.75, 3.05) is 7.11 Å². The molecule has 0 bridgehead atoms. The van der Waals surface area contributed by atoms with Crippen LogP contribution in [0.25, 0.3) is 0 Å². The Labute approximate surface area is 302 Å². The van der Waals surface area contributed by atoms with Crippen LogP contribution >= 0.6 is 140 Å². The molecule has 0 aromatic carbocycles. The van der Waals surface area contributed by atoms with Gasteiger partial charge >= 0.3 is 19.1 Å². The molecule has 0 saturated carbocycles. The highest BCUT2D eigenvalue weighted by Crippen LogP contribution is 2.37. The molecule has 274 valence electrons. The second-order valence-electron chi connectivity index (χ2n) is 4.51. The van der Waals surface area contributed by atoms with Crippen LogP contribution in [0.5, 0.6) is 0 Å². The van der Waals surface area contributed by atoms with E-state index in [4.69, 9.17) is 69.6 Å². The molecule has 0 heterocycles. The minimum atomic E-state index is -5.12. The molecule has 2 atom stereocenters. The third-order valence-electron chi connectivity index (χ3n) is 1.49. The topological polar surface area (TPSA) is 36.9 Å². The summed E-state index contributed by atoms with van der Waals surface area (Å²) in [5, 5.41) is -3.26. The van der Waals surface area contributed by atoms with Crippen LogP contribution in [-0.4, -0.2) is 46.5 Å². The fourth-order valence-corrected chi connectivity index (χ4v) is 0.996. The molecule has 0 radical (unpaired) electrons. The first-order valence-corrected chi connectivity index (χ1v) is 12.2. The number of ether oxygens (including phenoxy) is 3. The molecule has 44 heavy (non-hydrogen) atoms. The van der Waals surface area contributed by atoms with Crippen LogP contribution in [0.3, 0.4) is 0 Å². The Hall–Kier alpha value is 1.47. The van der Waals surface area contributed by atoms with Crippen molar-refractivity contribution in [2.45, 2.75) is 46.8 Å². The standard InChI is InChI=1S/C3HCl3F4O.C3H4Cl3FO.C3Cl2F4O.C2HCl3.C2H4.CF4O.CH4.ClH/c4-1(7)2(5,6)11-3(8,9)10;1-8-2(4)3(5,6)7;4-1(6)2(5)10-3(7,8)9;3-1-2(4)5;1-2;2-1(3,4)6-5;;/h1H;2H,1H3;;1H;1-2H2;;1H4;1H/b;;2-1+;;;;;. The molecule has 0 aromatic rings. The number of halogens is 25. The van der Waals surface area contributed by atoms with Crippen molar-refractivity contribution >= 4 is 140 Å². The van der Waals surface area contributed by atoms with Crippen molar-refractivity contribution in [3.63, 3.8) is 0 Å². The summed E-state index contributed by atoms with van der Waals surface area (Å²) in [6.07, 6.45) is -15.3. The summed E-state index contributed by atoms with van der Waals surface area (Å²) >= 11 is 52.3. The minimum Gasteiger partial charge on any atom is -0.390 e. The second-order valence-corrected chi connectivity index (χ2v) is 9.80. The third-order valence-corrected chi connectivity index (χ3v) is 4.83. The summed E-state index contributed by atoms with van der Waals surface area (Å²) in [5.74, 6) is 0. The van der Waals surface area contributed by atoms with E-state index < -0.39 is 49.9 Å². The van der Waals surface area contributed by atoms with E-state index in [2.05, 4.69) is 85.4 Å². The van der Waals surface area contributed by atoms with E-state index in [1.165, 1.54) is 12.1 Å². The molecular formula is C15H15Cl12F13O4. The predicted octanol–water partition coefficient (Wildman–Crippen LogP) is 14.4. The molecule has 2 unspecified atom stereocenters. The number of alkyl halides is 17. The molecule has 0 aromatic heterocycles. The first-order chi connectivity index (χ1) is 18.3. The quantitative estimate of drug-likeness (QED) is 0.119. The van der Waals surface area contributed by atoms with Gasteiger partial charge in [0, 0.05) is 12.6 Å². The van der Waals surface area contributed by atoms with E-state index >= 15 is 0 Å². The van der Waals surface area contributed by atoms with Crippen molar-refractivity contribution in [1.29, 1.82) is 0 Å². The fourth-order valence-electron chi connectivity index (χ4n) is 0.473. The van der Waals surface area contributed by atoms with Crippen LogP contribution in [0, 0.1) is 0 Å². The molecule has 4 nitrogen and oxygen atoms in total. The molecule has 0 aliphatic rings. The zero-order valence-electron chi connectivity index (χ0n) is 19.3. The Balaban J connectivity index is -0.0000000612. The van der Waals surface area contributed by atoms with E-state index in [1.807, 2.05) is 0 Å². The van der Waals surface area contributed by atoms with Crippen molar-refractivity contribution in [3.8, 4) is 0 Å². The van der Waals surface area contributed by atoms with Crippen LogP contribution in [0.2, 0.25) is 0 Å². The predicted molar refractivity (Wildman–Crippen MR) is 151 cm³/mol. The summed E-state index contributed by atoms with van der Waals surface area (Å²) in [4.78, 5) is 1.44. The molecule has 0 spiro atoms. The number of hydrogen-bond donors (Lipinski definition) is 0. The third kappa shape index (κ3) is 62.3. The first kappa shape index (κ1) is 64.0. The van der Waals surface area contributed by atoms with Crippen molar-refractivity contribution in [3.05, 3.63) is 33.7 Å². The highest BCUT2D eigenvalue weighted by molar-refractivity contribution is 6.58. The average molecular weight is 932 g/mol. The monoisotopic (exact) mass is 926 g/mol. The van der Waals surface area contributed by atoms with Crippen LogP contribution in [-0.2, 0) is 19.2 Å². The lowest BCUT2D eigenvalue weighted by Gasteiger charge is -2.20. The molecule has 29 heteroatoms. The first-order valence-electron chi connectivity index (χ1n) is 7.90. The van der Waals surface area contributed by atoms with E-state index in [1.54, 1.807) is 0 Å². The number of methoxy groups -OCH3 is 1. The Morgan fingerprint density at radius 2 is 1.07 bits per heavy atom. The SMILES string of the molecule is C.C=C.COC(Cl)C(F)(Cl)Cl.Cl.ClC=C(Cl)Cl.F/C(Cl)=C(\Cl)OC(F)(F)F.FC(Cl)C(Cl)(Cl)OC(F)(F)F.FOC(F)(F)F. The van der Waals surface area contributed by atoms with Gasteiger partial charge < -0.3 is 9.47 Å². The summed E-state index contributed by atoms with van der Waals surface area (Å²) in [7, 11) is 1.21. The molecule has 0 fully saturated rings. The maximum Gasteiger partial charge on any atom is 0.573 e. The van der Waals surface area contributed by atoms with Crippen LogP contribution < -0.4 is 0 Å². The smallest absolute Gasteiger partial charge is 0.390 e. The van der Waals surface area contributed by atoms with E-state index in [-0.39, 0.29) is 24.3 Å². The zero-order chi connectivity index (χ0) is 35.9. The van der Waals surface area contributed by atoms with Gasteiger partial charge in [-0.2, -0.15) is 4.39 Å². The lowest BCUT2D eigenvalue weighted by Crippen LogP contribution is -2.33. The highest BCUT2D eigenvalue weighted by atomic mass is 35.5. The van der Waals surface area contributed by atoms with Crippen LogP contribution in [0.1, 0.15) is 7.43 Å². The van der Waals surface area contributed by atoms with Crippen molar-refractivity contribution < 1.29 is 76.4 Å². The fraction of sp³-hybridized carbons (Fsp3) is 0.600. The molecule has 0 saturated heterocycles. The van der Waals surface area contributed by atoms with E-state index in [0.29, 0.717) is 0 Å². The zero-order valence-corrected chi connectivity index (χ0v) is 28.4. The Morgan fingerprint density at radius 1 is 0.773 bits per heavy atom. The number of hydrogen-bond acceptors (Lipinski definition) is 4. The minimum absolute atomic E-state index is 0. The second kappa shape index (κ2) is 31.7. The lowest BCUT2D eigenvalue weighted by molar-refractivity contribution is -0.416. The molecular weight excluding hydrogens is 917 g/mol.